The van der Waals surface area contributed by atoms with E-state index < -0.39 is 0 Å². The van der Waals surface area contributed by atoms with Crippen LogP contribution in [0.15, 0.2) is 30.3 Å². The maximum absolute atomic E-state index is 10.1. The van der Waals surface area contributed by atoms with Crippen LogP contribution >= 0.6 is 23.2 Å². The van der Waals surface area contributed by atoms with Crippen LogP contribution in [-0.4, -0.2) is 15.1 Å². The molecule has 0 radical (unpaired) electrons. The van der Waals surface area contributed by atoms with E-state index in [1.807, 2.05) is 25.1 Å². The van der Waals surface area contributed by atoms with Gasteiger partial charge in [-0.1, -0.05) is 35.3 Å². The number of fused-ring (bicyclic) bond motifs is 1. The van der Waals surface area contributed by atoms with Crippen LogP contribution in [0.5, 0.6) is 5.75 Å². The SMILES string of the molecule is Cc1cccc(-c2nc3cc(Cl)c(Cl)cc3[nH]2)c1O. The lowest BCUT2D eigenvalue weighted by Crippen LogP contribution is -1.83. The molecule has 0 amide bonds. The van der Waals surface area contributed by atoms with Gasteiger partial charge in [0.1, 0.15) is 11.6 Å². The molecule has 2 aromatic carbocycles. The number of aromatic hydroxyl groups is 1. The number of phenolic OH excluding ortho intramolecular Hbond substituents is 1. The molecule has 1 aromatic heterocycles. The second kappa shape index (κ2) is 4.44. The number of imidazole rings is 1. The van der Waals surface area contributed by atoms with Gasteiger partial charge >= 0.3 is 0 Å². The fourth-order valence-corrected chi connectivity index (χ4v) is 2.30. The number of aromatic amines is 1. The zero-order valence-corrected chi connectivity index (χ0v) is 11.5. The standard InChI is InChI=1S/C14H10Cl2N2O/c1-7-3-2-4-8(13(7)19)14-17-11-5-9(15)10(16)6-12(11)18-14/h2-6,19H,1H3,(H,17,18). The molecule has 3 nitrogen and oxygen atoms in total. The monoisotopic (exact) mass is 292 g/mol. The Hall–Kier alpha value is -1.71. The molecule has 0 saturated heterocycles. The summed E-state index contributed by atoms with van der Waals surface area (Å²) < 4.78 is 0. The lowest BCUT2D eigenvalue weighted by molar-refractivity contribution is 0.473. The maximum atomic E-state index is 10.1. The Morgan fingerprint density at radius 2 is 1.89 bits per heavy atom. The molecule has 1 heterocycles. The van der Waals surface area contributed by atoms with E-state index in [9.17, 15) is 5.11 Å². The van der Waals surface area contributed by atoms with Crippen LogP contribution in [0, 0.1) is 6.92 Å². The van der Waals surface area contributed by atoms with Crippen molar-refractivity contribution in [3.8, 4) is 17.1 Å². The summed E-state index contributed by atoms with van der Waals surface area (Å²) in [6, 6.07) is 8.95. The summed E-state index contributed by atoms with van der Waals surface area (Å²) in [6.45, 7) is 1.84. The first-order valence-corrected chi connectivity index (χ1v) is 6.45. The van der Waals surface area contributed by atoms with E-state index in [2.05, 4.69) is 9.97 Å². The molecule has 0 unspecified atom stereocenters. The highest BCUT2D eigenvalue weighted by Crippen LogP contribution is 2.33. The number of benzene rings is 2. The zero-order valence-electron chi connectivity index (χ0n) is 10.0. The average Bonchev–Trinajstić information content (AvgIpc) is 2.76. The van der Waals surface area contributed by atoms with Crippen LogP contribution in [0.3, 0.4) is 0 Å². The molecule has 19 heavy (non-hydrogen) atoms. The summed E-state index contributed by atoms with van der Waals surface area (Å²) in [5.41, 5.74) is 2.95. The molecule has 0 spiro atoms. The summed E-state index contributed by atoms with van der Waals surface area (Å²) in [5.74, 6) is 0.813. The number of nitrogens with one attached hydrogen (secondary N) is 1. The van der Waals surface area contributed by atoms with Crippen molar-refractivity contribution in [1.29, 1.82) is 0 Å². The van der Waals surface area contributed by atoms with Crippen LogP contribution in [0.25, 0.3) is 22.4 Å². The number of hydrogen-bond acceptors (Lipinski definition) is 2. The Morgan fingerprint density at radius 3 is 2.68 bits per heavy atom. The van der Waals surface area contributed by atoms with E-state index in [4.69, 9.17) is 23.2 Å². The molecular weight excluding hydrogens is 283 g/mol. The van der Waals surface area contributed by atoms with Gasteiger partial charge < -0.3 is 10.1 Å². The molecule has 0 aliphatic carbocycles. The molecule has 3 rings (SSSR count). The van der Waals surface area contributed by atoms with Crippen molar-refractivity contribution in [2.45, 2.75) is 6.92 Å². The van der Waals surface area contributed by atoms with Gasteiger partial charge in [-0.05, 0) is 30.7 Å². The van der Waals surface area contributed by atoms with E-state index in [1.165, 1.54) is 0 Å². The normalized spacial score (nSPS) is 11.1. The fourth-order valence-electron chi connectivity index (χ4n) is 1.98. The highest BCUT2D eigenvalue weighted by Gasteiger charge is 2.12. The van der Waals surface area contributed by atoms with E-state index in [-0.39, 0.29) is 5.75 Å². The number of H-pyrrole nitrogens is 1. The van der Waals surface area contributed by atoms with E-state index in [1.54, 1.807) is 12.1 Å². The second-order valence-corrected chi connectivity index (χ2v) is 5.15. The Labute approximate surface area is 119 Å². The highest BCUT2D eigenvalue weighted by molar-refractivity contribution is 6.42. The summed E-state index contributed by atoms with van der Waals surface area (Å²) in [7, 11) is 0. The van der Waals surface area contributed by atoms with Gasteiger partial charge in [-0.25, -0.2) is 4.98 Å². The van der Waals surface area contributed by atoms with Crippen LogP contribution in [0.4, 0.5) is 0 Å². The maximum Gasteiger partial charge on any atom is 0.142 e. The third kappa shape index (κ3) is 2.05. The number of halogens is 2. The van der Waals surface area contributed by atoms with E-state index >= 15 is 0 Å². The molecule has 0 aliphatic heterocycles. The summed E-state index contributed by atoms with van der Waals surface area (Å²) in [5, 5.41) is 11.0. The van der Waals surface area contributed by atoms with Crippen molar-refractivity contribution in [2.24, 2.45) is 0 Å². The first-order valence-electron chi connectivity index (χ1n) is 5.70. The average molecular weight is 293 g/mol. The van der Waals surface area contributed by atoms with Gasteiger partial charge in [0.05, 0.1) is 26.6 Å². The van der Waals surface area contributed by atoms with Gasteiger partial charge in [0.25, 0.3) is 0 Å². The Kier molecular flexibility index (Phi) is 2.88. The minimum Gasteiger partial charge on any atom is -0.507 e. The highest BCUT2D eigenvalue weighted by atomic mass is 35.5. The van der Waals surface area contributed by atoms with Gasteiger partial charge in [0.2, 0.25) is 0 Å². The number of para-hydroxylation sites is 1. The van der Waals surface area contributed by atoms with Gasteiger partial charge in [0, 0.05) is 0 Å². The second-order valence-electron chi connectivity index (χ2n) is 4.34. The van der Waals surface area contributed by atoms with Crippen molar-refractivity contribution < 1.29 is 5.11 Å². The van der Waals surface area contributed by atoms with Gasteiger partial charge in [-0.2, -0.15) is 0 Å². The lowest BCUT2D eigenvalue weighted by atomic mass is 10.1. The van der Waals surface area contributed by atoms with Crippen LogP contribution in [0.2, 0.25) is 10.0 Å². The van der Waals surface area contributed by atoms with Gasteiger partial charge in [-0.15, -0.1) is 0 Å². The van der Waals surface area contributed by atoms with E-state index in [0.717, 1.165) is 11.1 Å². The first kappa shape index (κ1) is 12.3. The van der Waals surface area contributed by atoms with Gasteiger partial charge in [0.15, 0.2) is 0 Å². The predicted octanol–water partition coefficient (Wildman–Crippen LogP) is 4.55. The quantitative estimate of drug-likeness (QED) is 0.691. The van der Waals surface area contributed by atoms with Crippen molar-refractivity contribution in [3.63, 3.8) is 0 Å². The summed E-state index contributed by atoms with van der Waals surface area (Å²) >= 11 is 11.9. The van der Waals surface area contributed by atoms with Crippen LogP contribution in [-0.2, 0) is 0 Å². The first-order chi connectivity index (χ1) is 9.06. The Balaban J connectivity index is 2.23. The number of rotatable bonds is 1. The van der Waals surface area contributed by atoms with Crippen molar-refractivity contribution >= 4 is 34.2 Å². The zero-order chi connectivity index (χ0) is 13.6. The summed E-state index contributed by atoms with van der Waals surface area (Å²) in [4.78, 5) is 7.56. The number of hydrogen-bond donors (Lipinski definition) is 2. The number of aryl methyl sites for hydroxylation is 1. The Bertz CT molecular complexity index is 741. The molecule has 0 aliphatic rings. The molecule has 96 valence electrons. The largest absolute Gasteiger partial charge is 0.507 e. The number of phenols is 1. The lowest BCUT2D eigenvalue weighted by Gasteiger charge is -2.03. The molecule has 5 heteroatoms. The third-order valence-corrected chi connectivity index (χ3v) is 3.74. The van der Waals surface area contributed by atoms with Crippen molar-refractivity contribution in [3.05, 3.63) is 45.9 Å². The topological polar surface area (TPSA) is 48.9 Å². The minimum atomic E-state index is 0.221. The number of nitrogens with zero attached hydrogens (tertiary/aromatic N) is 1. The minimum absolute atomic E-state index is 0.221. The molecule has 0 saturated carbocycles. The molecule has 2 N–H and O–H groups in total. The van der Waals surface area contributed by atoms with Crippen LogP contribution in [0.1, 0.15) is 5.56 Å². The molecule has 3 aromatic rings. The fraction of sp³-hybridized carbons (Fsp3) is 0.0714. The third-order valence-electron chi connectivity index (χ3n) is 3.02. The Morgan fingerprint density at radius 1 is 1.16 bits per heavy atom. The molecule has 0 bridgehead atoms. The smallest absolute Gasteiger partial charge is 0.142 e. The number of aromatic nitrogens is 2. The van der Waals surface area contributed by atoms with Crippen molar-refractivity contribution in [1.82, 2.24) is 9.97 Å². The van der Waals surface area contributed by atoms with Crippen LogP contribution < -0.4 is 0 Å². The molecule has 0 atom stereocenters. The van der Waals surface area contributed by atoms with Gasteiger partial charge in [-0.3, -0.25) is 0 Å². The summed E-state index contributed by atoms with van der Waals surface area (Å²) in [6.07, 6.45) is 0. The predicted molar refractivity (Wildman–Crippen MR) is 78.0 cm³/mol. The van der Waals surface area contributed by atoms with Crippen molar-refractivity contribution in [2.75, 3.05) is 0 Å². The molecule has 0 fully saturated rings. The van der Waals surface area contributed by atoms with E-state index in [0.29, 0.717) is 26.9 Å². The molecular formula is C14H10Cl2N2O.